The quantitative estimate of drug-likeness (QED) is 0.557. The van der Waals surface area contributed by atoms with Crippen molar-refractivity contribution in [3.05, 3.63) is 64.4 Å². The number of hydrogen-bond donors (Lipinski definition) is 1. The predicted octanol–water partition coefficient (Wildman–Crippen LogP) is 2.92. The fraction of sp³-hybridized carbons (Fsp3) is 0.348. The van der Waals surface area contributed by atoms with Gasteiger partial charge in [-0.3, -0.25) is 4.79 Å². The van der Waals surface area contributed by atoms with Crippen LogP contribution < -0.4 is 15.0 Å². The molecule has 1 aromatic heterocycles. The molecule has 1 aliphatic rings. The lowest BCUT2D eigenvalue weighted by molar-refractivity contribution is 0.0925. The van der Waals surface area contributed by atoms with Crippen molar-refractivity contribution in [2.45, 2.75) is 30.4 Å². The molecule has 0 spiro atoms. The fourth-order valence-corrected chi connectivity index (χ4v) is 5.36. The first kappa shape index (κ1) is 22.3. The van der Waals surface area contributed by atoms with E-state index in [2.05, 4.69) is 4.98 Å². The normalized spacial score (nSPS) is 16.5. The van der Waals surface area contributed by atoms with Gasteiger partial charge in [-0.1, -0.05) is 18.2 Å². The number of pyridine rings is 1. The Kier molecular flexibility index (Phi) is 6.50. The molecule has 0 amide bonds. The largest absolute Gasteiger partial charge is 0.493 e. The van der Waals surface area contributed by atoms with Crippen molar-refractivity contribution in [1.29, 1.82) is 0 Å². The van der Waals surface area contributed by atoms with Crippen molar-refractivity contribution in [3.63, 3.8) is 0 Å². The van der Waals surface area contributed by atoms with E-state index in [0.29, 0.717) is 34.6 Å². The molecule has 0 radical (unpaired) electrons. The molecule has 0 bridgehead atoms. The van der Waals surface area contributed by atoms with Crippen molar-refractivity contribution in [1.82, 2.24) is 9.29 Å². The Bertz CT molecular complexity index is 1250. The second kappa shape index (κ2) is 9.32. The van der Waals surface area contributed by atoms with E-state index in [-0.39, 0.29) is 29.6 Å². The summed E-state index contributed by atoms with van der Waals surface area (Å²) >= 11 is 0. The molecule has 4 rings (SSSR count). The Hall–Kier alpha value is -2.88. The molecule has 0 aliphatic carbocycles. The molecule has 2 aromatic carbocycles. The number of methoxy groups -OCH3 is 2. The van der Waals surface area contributed by atoms with Gasteiger partial charge in [0, 0.05) is 36.7 Å². The van der Waals surface area contributed by atoms with Crippen molar-refractivity contribution in [2.24, 2.45) is 0 Å². The van der Waals surface area contributed by atoms with E-state index in [9.17, 15) is 13.2 Å². The number of H-pyrrole nitrogens is 1. The summed E-state index contributed by atoms with van der Waals surface area (Å²) in [5.41, 5.74) is 0.556. The summed E-state index contributed by atoms with van der Waals surface area (Å²) in [7, 11) is -0.769. The van der Waals surface area contributed by atoms with Gasteiger partial charge in [0.05, 0.1) is 30.7 Å². The highest BCUT2D eigenvalue weighted by Gasteiger charge is 2.30. The number of hydrogen-bond acceptors (Lipinski definition) is 6. The van der Waals surface area contributed by atoms with Gasteiger partial charge in [0.25, 0.3) is 5.56 Å². The maximum atomic E-state index is 13.4. The van der Waals surface area contributed by atoms with Crippen LogP contribution in [0, 0.1) is 0 Å². The minimum Gasteiger partial charge on any atom is -0.493 e. The molecule has 1 fully saturated rings. The van der Waals surface area contributed by atoms with Crippen molar-refractivity contribution in [3.8, 4) is 11.5 Å². The Labute approximate surface area is 186 Å². The van der Waals surface area contributed by atoms with E-state index < -0.39 is 10.0 Å². The van der Waals surface area contributed by atoms with Crippen LogP contribution in [0.4, 0.5) is 0 Å². The SMILES string of the molecule is COc1cc2cc(CN(C[C@@H]3CCCO3)S(=O)(=O)c3ccccc3)c(=O)[nH]c2cc1OC. The van der Waals surface area contributed by atoms with Gasteiger partial charge >= 0.3 is 0 Å². The van der Waals surface area contributed by atoms with Crippen molar-refractivity contribution in [2.75, 3.05) is 27.4 Å². The molecule has 32 heavy (non-hydrogen) atoms. The summed E-state index contributed by atoms with van der Waals surface area (Å²) in [5.74, 6) is 1.01. The minimum absolute atomic E-state index is 0.0727. The van der Waals surface area contributed by atoms with Crippen LogP contribution in [0.15, 0.2) is 58.2 Å². The number of nitrogens with zero attached hydrogens (tertiary/aromatic N) is 1. The van der Waals surface area contributed by atoms with Crippen LogP contribution in [0.1, 0.15) is 18.4 Å². The van der Waals surface area contributed by atoms with Crippen LogP contribution in [-0.4, -0.2) is 51.2 Å². The Morgan fingerprint density at radius 1 is 1.09 bits per heavy atom. The highest BCUT2D eigenvalue weighted by atomic mass is 32.2. The lowest BCUT2D eigenvalue weighted by atomic mass is 10.1. The van der Waals surface area contributed by atoms with Gasteiger partial charge in [-0.05, 0) is 37.1 Å². The second-order valence-corrected chi connectivity index (χ2v) is 9.60. The van der Waals surface area contributed by atoms with Gasteiger partial charge in [-0.25, -0.2) is 8.42 Å². The van der Waals surface area contributed by atoms with E-state index in [1.807, 2.05) is 0 Å². The Morgan fingerprint density at radius 2 is 1.81 bits per heavy atom. The predicted molar refractivity (Wildman–Crippen MR) is 121 cm³/mol. The van der Waals surface area contributed by atoms with E-state index >= 15 is 0 Å². The smallest absolute Gasteiger partial charge is 0.252 e. The van der Waals surface area contributed by atoms with Gasteiger partial charge in [-0.15, -0.1) is 0 Å². The first-order chi connectivity index (χ1) is 15.4. The van der Waals surface area contributed by atoms with Crippen LogP contribution in [-0.2, 0) is 21.3 Å². The average molecular weight is 459 g/mol. The summed E-state index contributed by atoms with van der Waals surface area (Å²) < 4.78 is 44.5. The van der Waals surface area contributed by atoms with Crippen LogP contribution in [0.5, 0.6) is 11.5 Å². The molecule has 1 atom stereocenters. The lowest BCUT2D eigenvalue weighted by Gasteiger charge is -2.25. The van der Waals surface area contributed by atoms with E-state index in [1.165, 1.54) is 18.5 Å². The maximum absolute atomic E-state index is 13.4. The standard InChI is InChI=1S/C23H26N2O6S/c1-29-21-12-16-11-17(23(26)24-20(16)13-22(21)30-2)14-25(15-18-7-6-10-31-18)32(27,28)19-8-4-3-5-9-19/h3-5,8-9,11-13,18H,6-7,10,14-15H2,1-2H3,(H,24,26)/t18-/m0/s1. The summed E-state index contributed by atoms with van der Waals surface area (Å²) in [4.78, 5) is 15.9. The van der Waals surface area contributed by atoms with Gasteiger partial charge in [0.1, 0.15) is 0 Å². The number of aromatic amines is 1. The first-order valence-corrected chi connectivity index (χ1v) is 11.8. The number of ether oxygens (including phenoxy) is 3. The average Bonchev–Trinajstić information content (AvgIpc) is 3.32. The highest BCUT2D eigenvalue weighted by Crippen LogP contribution is 2.31. The second-order valence-electron chi connectivity index (χ2n) is 7.66. The maximum Gasteiger partial charge on any atom is 0.252 e. The van der Waals surface area contributed by atoms with Gasteiger partial charge in [0.2, 0.25) is 10.0 Å². The first-order valence-electron chi connectivity index (χ1n) is 10.4. The van der Waals surface area contributed by atoms with E-state index in [1.54, 1.807) is 48.5 Å². The van der Waals surface area contributed by atoms with Gasteiger partial charge < -0.3 is 19.2 Å². The summed E-state index contributed by atoms with van der Waals surface area (Å²) in [6, 6.07) is 13.4. The third-order valence-electron chi connectivity index (χ3n) is 5.58. The van der Waals surface area contributed by atoms with E-state index in [0.717, 1.165) is 12.8 Å². The van der Waals surface area contributed by atoms with Gasteiger partial charge in [0.15, 0.2) is 11.5 Å². The highest BCUT2D eigenvalue weighted by molar-refractivity contribution is 7.89. The number of rotatable bonds is 8. The zero-order chi connectivity index (χ0) is 22.7. The number of aromatic nitrogens is 1. The number of benzene rings is 2. The zero-order valence-electron chi connectivity index (χ0n) is 18.0. The van der Waals surface area contributed by atoms with Crippen LogP contribution >= 0.6 is 0 Å². The number of sulfonamides is 1. The molecule has 0 unspecified atom stereocenters. The summed E-state index contributed by atoms with van der Waals surface area (Å²) in [5, 5.41) is 0.714. The molecule has 1 N–H and O–H groups in total. The topological polar surface area (TPSA) is 97.9 Å². The lowest BCUT2D eigenvalue weighted by Crippen LogP contribution is -2.38. The number of fused-ring (bicyclic) bond motifs is 1. The molecule has 1 saturated heterocycles. The summed E-state index contributed by atoms with van der Waals surface area (Å²) in [6.45, 7) is 0.722. The molecule has 170 valence electrons. The zero-order valence-corrected chi connectivity index (χ0v) is 18.9. The third kappa shape index (κ3) is 4.50. The van der Waals surface area contributed by atoms with Crippen LogP contribution in [0.25, 0.3) is 10.9 Å². The van der Waals surface area contributed by atoms with Crippen molar-refractivity contribution < 1.29 is 22.6 Å². The Balaban J connectivity index is 1.74. The molecule has 1 aliphatic heterocycles. The monoisotopic (exact) mass is 458 g/mol. The molecule has 9 heteroatoms. The molecule has 8 nitrogen and oxygen atoms in total. The van der Waals surface area contributed by atoms with Crippen LogP contribution in [0.2, 0.25) is 0 Å². The minimum atomic E-state index is -3.82. The molecule has 0 saturated carbocycles. The summed E-state index contributed by atoms with van der Waals surface area (Å²) in [6.07, 6.45) is 1.48. The molecule has 3 aromatic rings. The van der Waals surface area contributed by atoms with Crippen LogP contribution in [0.3, 0.4) is 0 Å². The Morgan fingerprint density at radius 3 is 2.47 bits per heavy atom. The third-order valence-corrected chi connectivity index (χ3v) is 7.41. The van der Waals surface area contributed by atoms with Gasteiger partial charge in [-0.2, -0.15) is 4.31 Å². The van der Waals surface area contributed by atoms with Crippen molar-refractivity contribution >= 4 is 20.9 Å². The van der Waals surface area contributed by atoms with E-state index in [4.69, 9.17) is 14.2 Å². The molecular weight excluding hydrogens is 432 g/mol. The number of nitrogens with one attached hydrogen (secondary N) is 1. The molecule has 2 heterocycles. The fourth-order valence-electron chi connectivity index (χ4n) is 3.89. The molecular formula is C23H26N2O6S.